The van der Waals surface area contributed by atoms with E-state index in [4.69, 9.17) is 4.74 Å². The van der Waals surface area contributed by atoms with E-state index in [1.807, 2.05) is 12.3 Å². The molecule has 4 rings (SSSR count). The third-order valence-electron chi connectivity index (χ3n) is 5.85. The lowest BCUT2D eigenvalue weighted by atomic mass is 9.81. The summed E-state index contributed by atoms with van der Waals surface area (Å²) in [5.74, 6) is 1.37. The number of methoxy groups -OCH3 is 1. The van der Waals surface area contributed by atoms with Crippen LogP contribution < -0.4 is 4.74 Å². The molecule has 1 aliphatic heterocycles. The molecule has 0 saturated carbocycles. The van der Waals surface area contributed by atoms with E-state index in [9.17, 15) is 4.39 Å². The molecule has 2 heterocycles. The van der Waals surface area contributed by atoms with Gasteiger partial charge < -0.3 is 9.64 Å². The van der Waals surface area contributed by atoms with Gasteiger partial charge in [0, 0.05) is 50.1 Å². The minimum atomic E-state index is -0.668. The van der Waals surface area contributed by atoms with Crippen LogP contribution in [0.3, 0.4) is 0 Å². The Hall–Kier alpha value is -2.27. The first-order valence-electron chi connectivity index (χ1n) is 9.66. The number of alkyl halides is 1. The fourth-order valence-corrected chi connectivity index (χ4v) is 4.39. The lowest BCUT2D eigenvalue weighted by Crippen LogP contribution is -2.23. The molecular formula is C22H26FN3O. The smallest absolute Gasteiger partial charge is 0.119 e. The van der Waals surface area contributed by atoms with Crippen LogP contribution in [0.25, 0.3) is 6.08 Å². The van der Waals surface area contributed by atoms with Gasteiger partial charge in [-0.05, 0) is 36.1 Å². The highest BCUT2D eigenvalue weighted by atomic mass is 19.1. The van der Waals surface area contributed by atoms with Crippen molar-refractivity contribution in [3.8, 4) is 5.75 Å². The first kappa shape index (κ1) is 18.1. The number of aromatic nitrogens is 2. The zero-order valence-electron chi connectivity index (χ0n) is 15.9. The van der Waals surface area contributed by atoms with Crippen molar-refractivity contribution >= 4 is 6.08 Å². The molecule has 4 nitrogen and oxygen atoms in total. The highest BCUT2D eigenvalue weighted by molar-refractivity contribution is 5.68. The summed E-state index contributed by atoms with van der Waals surface area (Å²) >= 11 is 0. The summed E-state index contributed by atoms with van der Waals surface area (Å²) in [6.07, 6.45) is 8.55. The number of halogens is 1. The molecule has 1 aromatic carbocycles. The fraction of sp³-hybridized carbons (Fsp3) is 0.455. The molecule has 0 radical (unpaired) electrons. The number of ether oxygens (including phenoxy) is 1. The lowest BCUT2D eigenvalue weighted by molar-refractivity contribution is 0.289. The molecule has 2 aromatic rings. The standard InChI is InChI=1S/C22H26FN3O/c1-15(21-13-24-7-8-25-21)22-16(5-9-26-10-6-18(23)14-26)11-17-12-19(27-2)3-4-20(17)22/h3-4,7-8,11-13,15,18,22H,5-6,9-10,14H2,1-2H3. The first-order chi connectivity index (χ1) is 13.2. The van der Waals surface area contributed by atoms with E-state index < -0.39 is 6.17 Å². The number of benzene rings is 1. The van der Waals surface area contributed by atoms with Gasteiger partial charge in [-0.1, -0.05) is 24.6 Å². The van der Waals surface area contributed by atoms with Gasteiger partial charge in [-0.25, -0.2) is 4.39 Å². The van der Waals surface area contributed by atoms with Gasteiger partial charge in [0.05, 0.1) is 12.8 Å². The predicted octanol–water partition coefficient (Wildman–Crippen LogP) is 4.20. The lowest BCUT2D eigenvalue weighted by Gasteiger charge is -2.25. The quantitative estimate of drug-likeness (QED) is 0.767. The van der Waals surface area contributed by atoms with Crippen molar-refractivity contribution in [1.82, 2.24) is 14.9 Å². The fourth-order valence-electron chi connectivity index (χ4n) is 4.39. The van der Waals surface area contributed by atoms with Gasteiger partial charge in [-0.15, -0.1) is 0 Å². The SMILES string of the molecule is COc1ccc2c(c1)C=C(CCN1CCC(F)C1)C2C(C)c1cnccn1. The van der Waals surface area contributed by atoms with E-state index in [-0.39, 0.29) is 11.8 Å². The van der Waals surface area contributed by atoms with Gasteiger partial charge in [-0.3, -0.25) is 9.97 Å². The molecule has 3 atom stereocenters. The molecule has 0 N–H and O–H groups in total. The molecule has 1 fully saturated rings. The molecule has 1 aromatic heterocycles. The second kappa shape index (κ2) is 7.77. The summed E-state index contributed by atoms with van der Waals surface area (Å²) in [7, 11) is 1.70. The van der Waals surface area contributed by atoms with E-state index in [0.29, 0.717) is 13.0 Å². The maximum Gasteiger partial charge on any atom is 0.119 e. The summed E-state index contributed by atoms with van der Waals surface area (Å²) in [5.41, 5.74) is 4.92. The third-order valence-corrected chi connectivity index (χ3v) is 5.85. The van der Waals surface area contributed by atoms with E-state index in [0.717, 1.165) is 31.0 Å². The average Bonchev–Trinajstić information content (AvgIpc) is 3.28. The summed E-state index contributed by atoms with van der Waals surface area (Å²) in [5, 5.41) is 0. The van der Waals surface area contributed by atoms with Crippen LogP contribution in [0.15, 0.2) is 42.4 Å². The van der Waals surface area contributed by atoms with Crippen molar-refractivity contribution in [1.29, 1.82) is 0 Å². The zero-order chi connectivity index (χ0) is 18.8. The first-order valence-corrected chi connectivity index (χ1v) is 9.66. The van der Waals surface area contributed by atoms with Gasteiger partial charge >= 0.3 is 0 Å². The summed E-state index contributed by atoms with van der Waals surface area (Å²) in [4.78, 5) is 11.0. The normalized spacial score (nSPS) is 23.1. The Balaban J connectivity index is 1.60. The Bertz CT molecular complexity index is 824. The molecule has 5 heteroatoms. The Morgan fingerprint density at radius 3 is 2.93 bits per heavy atom. The Morgan fingerprint density at radius 1 is 1.33 bits per heavy atom. The number of hydrogen-bond acceptors (Lipinski definition) is 4. The second-order valence-corrected chi connectivity index (χ2v) is 7.55. The van der Waals surface area contributed by atoms with Crippen LogP contribution in [0.5, 0.6) is 5.75 Å². The summed E-state index contributed by atoms with van der Waals surface area (Å²) in [6, 6.07) is 6.30. The van der Waals surface area contributed by atoms with Crippen LogP contribution in [0.2, 0.25) is 0 Å². The van der Waals surface area contributed by atoms with Crippen molar-refractivity contribution in [2.45, 2.75) is 37.8 Å². The van der Waals surface area contributed by atoms with Crippen LogP contribution in [-0.2, 0) is 0 Å². The van der Waals surface area contributed by atoms with Crippen molar-refractivity contribution in [2.24, 2.45) is 0 Å². The number of likely N-dealkylation sites (tertiary alicyclic amines) is 1. The van der Waals surface area contributed by atoms with E-state index >= 15 is 0 Å². The topological polar surface area (TPSA) is 38.2 Å². The largest absolute Gasteiger partial charge is 0.497 e. The minimum absolute atomic E-state index is 0.229. The number of rotatable bonds is 6. The number of hydrogen-bond donors (Lipinski definition) is 0. The minimum Gasteiger partial charge on any atom is -0.497 e. The summed E-state index contributed by atoms with van der Waals surface area (Å²) < 4.78 is 18.9. The number of nitrogens with zero attached hydrogens (tertiary/aromatic N) is 3. The van der Waals surface area contributed by atoms with Crippen LogP contribution in [0.1, 0.15) is 48.4 Å². The van der Waals surface area contributed by atoms with E-state index in [2.05, 4.69) is 40.0 Å². The third kappa shape index (κ3) is 3.74. The molecule has 0 bridgehead atoms. The summed E-state index contributed by atoms with van der Waals surface area (Å²) in [6.45, 7) is 4.55. The van der Waals surface area contributed by atoms with Gasteiger partial charge in [0.25, 0.3) is 0 Å². The van der Waals surface area contributed by atoms with Crippen molar-refractivity contribution in [3.63, 3.8) is 0 Å². The monoisotopic (exact) mass is 367 g/mol. The maximum atomic E-state index is 13.5. The molecule has 1 saturated heterocycles. The molecule has 27 heavy (non-hydrogen) atoms. The molecule has 3 unspecified atom stereocenters. The van der Waals surface area contributed by atoms with Gasteiger partial charge in [0.1, 0.15) is 11.9 Å². The molecule has 2 aliphatic rings. The Morgan fingerprint density at radius 2 is 2.22 bits per heavy atom. The van der Waals surface area contributed by atoms with Crippen molar-refractivity contribution < 1.29 is 9.13 Å². The molecule has 142 valence electrons. The van der Waals surface area contributed by atoms with Gasteiger partial charge in [0.15, 0.2) is 0 Å². The van der Waals surface area contributed by atoms with Crippen molar-refractivity contribution in [3.05, 3.63) is 59.2 Å². The average molecular weight is 367 g/mol. The maximum absolute atomic E-state index is 13.5. The van der Waals surface area contributed by atoms with E-state index in [1.165, 1.54) is 16.7 Å². The Kier molecular flexibility index (Phi) is 5.21. The molecular weight excluding hydrogens is 341 g/mol. The molecule has 1 aliphatic carbocycles. The van der Waals surface area contributed by atoms with Crippen molar-refractivity contribution in [2.75, 3.05) is 26.7 Å². The highest BCUT2D eigenvalue weighted by Gasteiger charge is 2.32. The predicted molar refractivity (Wildman–Crippen MR) is 105 cm³/mol. The van der Waals surface area contributed by atoms with Crippen LogP contribution in [-0.4, -0.2) is 47.8 Å². The van der Waals surface area contributed by atoms with Gasteiger partial charge in [-0.2, -0.15) is 0 Å². The number of fused-ring (bicyclic) bond motifs is 1. The highest BCUT2D eigenvalue weighted by Crippen LogP contribution is 2.46. The molecule has 0 spiro atoms. The van der Waals surface area contributed by atoms with Crippen LogP contribution in [0, 0.1) is 0 Å². The second-order valence-electron chi connectivity index (χ2n) is 7.55. The zero-order valence-corrected chi connectivity index (χ0v) is 15.9. The van der Waals surface area contributed by atoms with Gasteiger partial charge in [0.2, 0.25) is 0 Å². The van der Waals surface area contributed by atoms with E-state index in [1.54, 1.807) is 19.5 Å². The molecule has 0 amide bonds. The Labute approximate surface area is 160 Å². The van der Waals surface area contributed by atoms with Crippen LogP contribution >= 0.6 is 0 Å². The van der Waals surface area contributed by atoms with Crippen LogP contribution in [0.4, 0.5) is 4.39 Å².